The van der Waals surface area contributed by atoms with Crippen LogP contribution >= 0.6 is 0 Å². The Balaban J connectivity index is -0.000000112. The molecule has 426 valence electrons. The molecular weight excluding hydrogens is 1500 g/mol. The first kappa shape index (κ1) is 92.0. The van der Waals surface area contributed by atoms with E-state index in [2.05, 4.69) is 26.5 Å². The van der Waals surface area contributed by atoms with Crippen molar-refractivity contribution in [1.29, 1.82) is 5.26 Å². The van der Waals surface area contributed by atoms with E-state index in [1.165, 1.54) is 75.1 Å². The number of aliphatic hydroxyl groups is 1. The molecule has 0 saturated carbocycles. The van der Waals surface area contributed by atoms with Crippen LogP contribution in [0.15, 0.2) is 78.9 Å². The normalized spacial score (nSPS) is 8.88. The standard InChI is InChI=1S/C17H21NO6.C12H15NO5.C9H7NO4.C7H12O2.C3H8O.C2H6.2CH4.2W.2Y/c1-2-3-4-5-15(20)18-8-9-24-16(21)11-12-6-7-14(19)13(10-12)17(22)23;1-17-12(16)9-6-8(2-3-10(9)14)7-11(15)18-5-4-13;1-13-9(12)7-4-6(14-5-10)2-3-8(7)11;1-2-3-4-5-6-7(8)9;1-2-3-4;1-2;;;;;;/h3-4,6-7,10,19H,2,5,8-9,11H2,1H3,(H,18,20)(H,22,23);2-3,6,14H,4-5,7,13H2,1H3;2-4,11H,1H3;4-5H,2-3,6H2,1H3,(H,8,9);4H,2-3H2,1H3;1-2H3;2*1H4;;;;/b4-3-;;;5-4-;;;;;;;;. The summed E-state index contributed by atoms with van der Waals surface area (Å²) in [6.45, 7) is 10.9. The number of amides is 1. The number of methoxy groups -OCH3 is 2. The van der Waals surface area contributed by atoms with Crippen LogP contribution in [0.25, 0.3) is 0 Å². The van der Waals surface area contributed by atoms with Crippen molar-refractivity contribution in [2.24, 2.45) is 5.73 Å². The quantitative estimate of drug-likeness (QED) is 0.0169. The fraction of sp³-hybridized carbons (Fsp3) is 0.423. The van der Waals surface area contributed by atoms with Gasteiger partial charge in [-0.05, 0) is 66.8 Å². The van der Waals surface area contributed by atoms with E-state index in [0.29, 0.717) is 17.7 Å². The number of benzene rings is 3. The smallest absolute Gasteiger partial charge is 0.341 e. The molecule has 1 amide bonds. The Morgan fingerprint density at radius 3 is 1.52 bits per heavy atom. The van der Waals surface area contributed by atoms with E-state index in [4.69, 9.17) is 35.8 Å². The summed E-state index contributed by atoms with van der Waals surface area (Å²) in [6.07, 6.45) is 12.8. The number of aromatic carboxylic acids is 1. The van der Waals surface area contributed by atoms with Crippen molar-refractivity contribution >= 4 is 41.7 Å². The predicted molar refractivity (Wildman–Crippen MR) is 274 cm³/mol. The summed E-state index contributed by atoms with van der Waals surface area (Å²) in [5.74, 6) is -5.13. The molecule has 0 aliphatic carbocycles. The van der Waals surface area contributed by atoms with Crippen molar-refractivity contribution in [2.75, 3.05) is 47.1 Å². The third kappa shape index (κ3) is 48.5. The Kier molecular flexibility index (Phi) is 72.7. The van der Waals surface area contributed by atoms with Gasteiger partial charge in [-0.3, -0.25) is 19.2 Å². The van der Waals surface area contributed by atoms with Gasteiger partial charge in [-0.1, -0.05) is 92.3 Å². The van der Waals surface area contributed by atoms with Crippen molar-refractivity contribution < 1.29 is 195 Å². The second-order valence-electron chi connectivity index (χ2n) is 13.5. The largest absolute Gasteiger partial charge is 0.507 e. The molecule has 0 spiro atoms. The molecule has 2 radical (unpaired) electrons. The number of aliphatic carboxylic acids is 1. The fourth-order valence-electron chi connectivity index (χ4n) is 4.60. The molecule has 0 unspecified atom stereocenters. The number of allylic oxidation sites excluding steroid dienone is 2. The summed E-state index contributed by atoms with van der Waals surface area (Å²) >= 11 is 0. The molecule has 25 heteroatoms. The van der Waals surface area contributed by atoms with Crippen LogP contribution < -0.4 is 15.8 Å². The Morgan fingerprint density at radius 2 is 1.10 bits per heavy atom. The number of hydrogen-bond donors (Lipinski definition) is 8. The maximum absolute atomic E-state index is 11.7. The monoisotopic (exact) mass is 1580 g/mol. The number of phenols is 3. The van der Waals surface area contributed by atoms with Crippen LogP contribution in [0.2, 0.25) is 0 Å². The van der Waals surface area contributed by atoms with Crippen LogP contribution in [-0.4, -0.2) is 119 Å². The van der Waals surface area contributed by atoms with Gasteiger partial charge in [0.15, 0.2) is 0 Å². The first-order valence-corrected chi connectivity index (χ1v) is 22.2. The number of nitrogens with zero attached hydrogens (tertiary/aromatic N) is 1. The molecule has 77 heavy (non-hydrogen) atoms. The molecule has 0 atom stereocenters. The topological polar surface area (TPSA) is 349 Å². The van der Waals surface area contributed by atoms with Crippen molar-refractivity contribution in [1.82, 2.24) is 5.32 Å². The summed E-state index contributed by atoms with van der Waals surface area (Å²) in [4.78, 5) is 77.7. The second-order valence-corrected chi connectivity index (χ2v) is 13.5. The molecule has 3 aromatic carbocycles. The van der Waals surface area contributed by atoms with E-state index in [0.717, 1.165) is 25.7 Å². The number of aliphatic hydroxyl groups excluding tert-OH is 1. The number of ether oxygens (including phenoxy) is 5. The zero-order valence-corrected chi connectivity index (χ0v) is 54.8. The third-order valence-electron chi connectivity index (χ3n) is 7.90. The number of aromatic hydroxyl groups is 3. The molecule has 0 aliphatic rings. The minimum Gasteiger partial charge on any atom is -0.507 e. The molecule has 0 bridgehead atoms. The van der Waals surface area contributed by atoms with Crippen molar-refractivity contribution in [2.45, 2.75) is 101 Å². The number of carbonyl (C=O) groups excluding carboxylic acids is 5. The van der Waals surface area contributed by atoms with E-state index in [1.54, 1.807) is 12.2 Å². The number of carboxylic acids is 2. The van der Waals surface area contributed by atoms with Crippen LogP contribution in [0, 0.1) is 11.5 Å². The first-order chi connectivity index (χ1) is 33.9. The minimum absolute atomic E-state index is 0. The van der Waals surface area contributed by atoms with E-state index in [1.807, 2.05) is 39.8 Å². The molecule has 0 aromatic heterocycles. The van der Waals surface area contributed by atoms with Crippen LogP contribution in [-0.2, 0) is 159 Å². The number of carbonyl (C=O) groups is 7. The number of nitriles is 1. The van der Waals surface area contributed by atoms with E-state index < -0.39 is 35.8 Å². The van der Waals surface area contributed by atoms with E-state index in [-0.39, 0.29) is 220 Å². The zero-order chi connectivity index (χ0) is 54.6. The van der Waals surface area contributed by atoms with Gasteiger partial charge in [0, 0.05) is 133 Å². The molecule has 0 aliphatic heterocycles. The number of phenolic OH excluding ortho intramolecular Hbond substituents is 2. The van der Waals surface area contributed by atoms with Crippen molar-refractivity contribution in [3.05, 3.63) is 107 Å². The summed E-state index contributed by atoms with van der Waals surface area (Å²) < 4.78 is 23.2. The van der Waals surface area contributed by atoms with Crippen LogP contribution in [0.4, 0.5) is 0 Å². The van der Waals surface area contributed by atoms with Crippen molar-refractivity contribution in [3.63, 3.8) is 0 Å². The Bertz CT molecular complexity index is 2190. The Hall–Kier alpha value is -4.38. The van der Waals surface area contributed by atoms with Gasteiger partial charge in [0.2, 0.25) is 5.91 Å². The first-order valence-electron chi connectivity index (χ1n) is 22.2. The van der Waals surface area contributed by atoms with Gasteiger partial charge in [-0.15, -0.1) is 5.26 Å². The van der Waals surface area contributed by atoms with Gasteiger partial charge in [-0.2, -0.15) is 0 Å². The number of unbranched alkanes of at least 4 members (excludes halogenated alkanes) is 1. The zero-order valence-electron chi connectivity index (χ0n) is 43.3. The minimum atomic E-state index is -1.28. The average molecular weight is 1580 g/mol. The maximum atomic E-state index is 11.7. The summed E-state index contributed by atoms with van der Waals surface area (Å²) in [5.41, 5.74) is 5.88. The van der Waals surface area contributed by atoms with Crippen LogP contribution in [0.3, 0.4) is 0 Å². The third-order valence-corrected chi connectivity index (χ3v) is 7.90. The van der Waals surface area contributed by atoms with Crippen LogP contribution in [0.1, 0.15) is 130 Å². The van der Waals surface area contributed by atoms with Gasteiger partial charge < -0.3 is 65.4 Å². The molecule has 3 rings (SSSR count). The SMILES string of the molecule is C.C.CC.CC/C=C\CC(=O)NCCOC(=O)Cc1ccc(O)c(C(=O)O)c1.CCC/C=C\CC(=O)O.CCCO.COC(=O)c1cc(CC(=O)OCCN)ccc1O.COC(=O)c1cc(OC#N)ccc1O.[W].[W].[Y].[Y]. The molecule has 3 aromatic rings. The maximum Gasteiger partial charge on any atom is 0.341 e. The van der Waals surface area contributed by atoms with Gasteiger partial charge >= 0.3 is 35.8 Å². The summed E-state index contributed by atoms with van der Waals surface area (Å²) in [7, 11) is 2.41. The fourth-order valence-corrected chi connectivity index (χ4v) is 4.60. The van der Waals surface area contributed by atoms with Gasteiger partial charge in [0.25, 0.3) is 6.26 Å². The number of nitrogens with one attached hydrogen (secondary N) is 1. The average Bonchev–Trinajstić information content (AvgIpc) is 3.36. The van der Waals surface area contributed by atoms with Gasteiger partial charge in [-0.25, -0.2) is 14.4 Å². The summed E-state index contributed by atoms with van der Waals surface area (Å²) in [6, 6.07) is 12.0. The van der Waals surface area contributed by atoms with Gasteiger partial charge in [0.1, 0.15) is 52.9 Å². The number of nitrogens with two attached hydrogens (primary N) is 1. The number of hydrogen-bond acceptors (Lipinski definition) is 18. The van der Waals surface area contributed by atoms with E-state index >= 15 is 0 Å². The van der Waals surface area contributed by atoms with E-state index in [9.17, 15) is 48.9 Å². The summed E-state index contributed by atoms with van der Waals surface area (Å²) in [5, 5.41) is 63.9. The Morgan fingerprint density at radius 1 is 0.662 bits per heavy atom. The number of rotatable bonds is 21. The Labute approximate surface area is 532 Å². The number of esters is 4. The number of carboxylic acid groups (broad SMARTS) is 2. The molecule has 9 N–H and O–H groups in total. The van der Waals surface area contributed by atoms with Crippen molar-refractivity contribution in [3.8, 4) is 29.3 Å². The molecule has 0 heterocycles. The molecule has 21 nitrogen and oxygen atoms in total. The second kappa shape index (κ2) is 60.8. The van der Waals surface area contributed by atoms with Gasteiger partial charge in [0.05, 0.1) is 40.0 Å². The molecular formula is C52H77N3O18W2Y2. The molecule has 0 saturated heterocycles. The molecule has 0 fully saturated rings. The van der Waals surface area contributed by atoms with Crippen LogP contribution in [0.5, 0.6) is 23.0 Å². The predicted octanol–water partition coefficient (Wildman–Crippen LogP) is 7.40.